The summed E-state index contributed by atoms with van der Waals surface area (Å²) in [4.78, 5) is 11.8. The van der Waals surface area contributed by atoms with Gasteiger partial charge in [0.2, 0.25) is 5.91 Å². The third kappa shape index (κ3) is 2.82. The molecule has 1 aliphatic rings. The van der Waals surface area contributed by atoms with Crippen LogP contribution in [0.4, 0.5) is 0 Å². The Kier molecular flexibility index (Phi) is 3.87. The number of carbonyl (C=O) groups is 1. The number of amides is 1. The molecular weight excluding hydrogens is 250 g/mol. The molecule has 0 bridgehead atoms. The Hall–Kier alpha value is -1.55. The number of hydrogen-bond acceptors (Lipinski definition) is 5. The zero-order valence-electron chi connectivity index (χ0n) is 10.2. The summed E-state index contributed by atoms with van der Waals surface area (Å²) in [6, 6.07) is 2.24. The molecule has 0 atom stereocenters. The van der Waals surface area contributed by atoms with Gasteiger partial charge in [-0.15, -0.1) is 10.2 Å². The van der Waals surface area contributed by atoms with E-state index in [-0.39, 0.29) is 11.7 Å². The molecular formula is C11H15N5OS. The van der Waals surface area contributed by atoms with Crippen LogP contribution in [0.25, 0.3) is 0 Å². The molecule has 0 radical (unpaired) electrons. The maximum Gasteiger partial charge on any atom is 0.231 e. The zero-order valence-corrected chi connectivity index (χ0v) is 11.0. The van der Waals surface area contributed by atoms with Gasteiger partial charge in [-0.25, -0.2) is 0 Å². The second-order valence-electron chi connectivity index (χ2n) is 4.46. The highest BCUT2D eigenvalue weighted by Gasteiger charge is 2.35. The predicted octanol–water partition coefficient (Wildman–Crippen LogP) is 0.860. The van der Waals surface area contributed by atoms with Crippen LogP contribution < -0.4 is 5.32 Å². The molecule has 1 amide bonds. The smallest absolute Gasteiger partial charge is 0.231 e. The standard InChI is InChI=1S/C11H15N5OS/c1-16-8-13-15-10(16)18-6-9(17)14-11(7-12)4-2-3-5-11/h8H,2-6H2,1H3,(H,14,17). The number of thioether (sulfide) groups is 1. The van der Waals surface area contributed by atoms with Crippen molar-refractivity contribution < 1.29 is 4.79 Å². The molecule has 0 aliphatic heterocycles. The first-order valence-electron chi connectivity index (χ1n) is 5.84. The highest BCUT2D eigenvalue weighted by atomic mass is 32.2. The van der Waals surface area contributed by atoms with Gasteiger partial charge in [0.1, 0.15) is 11.9 Å². The number of nitrogens with one attached hydrogen (secondary N) is 1. The quantitative estimate of drug-likeness (QED) is 0.816. The Morgan fingerprint density at radius 1 is 1.67 bits per heavy atom. The van der Waals surface area contributed by atoms with Gasteiger partial charge in [0.05, 0.1) is 11.8 Å². The fourth-order valence-electron chi connectivity index (χ4n) is 2.08. The minimum Gasteiger partial charge on any atom is -0.337 e. The average molecular weight is 265 g/mol. The van der Waals surface area contributed by atoms with Crippen molar-refractivity contribution in [2.75, 3.05) is 5.75 Å². The lowest BCUT2D eigenvalue weighted by Crippen LogP contribution is -2.45. The van der Waals surface area contributed by atoms with Crippen LogP contribution in [0.2, 0.25) is 0 Å². The van der Waals surface area contributed by atoms with E-state index in [1.165, 1.54) is 11.8 Å². The Morgan fingerprint density at radius 3 is 2.94 bits per heavy atom. The van der Waals surface area contributed by atoms with E-state index >= 15 is 0 Å². The molecule has 18 heavy (non-hydrogen) atoms. The van der Waals surface area contributed by atoms with Crippen LogP contribution in [-0.2, 0) is 11.8 Å². The topological polar surface area (TPSA) is 83.6 Å². The monoisotopic (exact) mass is 265 g/mol. The van der Waals surface area contributed by atoms with Crippen LogP contribution >= 0.6 is 11.8 Å². The zero-order chi connectivity index (χ0) is 13.0. The minimum atomic E-state index is -0.641. The normalized spacial score (nSPS) is 17.3. The van der Waals surface area contributed by atoms with Crippen LogP contribution in [-0.4, -0.2) is 32.0 Å². The van der Waals surface area contributed by atoms with E-state index in [1.807, 2.05) is 7.05 Å². The van der Waals surface area contributed by atoms with Crippen molar-refractivity contribution in [1.29, 1.82) is 5.26 Å². The van der Waals surface area contributed by atoms with E-state index in [0.29, 0.717) is 5.16 Å². The van der Waals surface area contributed by atoms with Crippen molar-refractivity contribution in [3.05, 3.63) is 6.33 Å². The molecule has 2 rings (SSSR count). The van der Waals surface area contributed by atoms with E-state index in [9.17, 15) is 4.79 Å². The number of carbonyl (C=O) groups excluding carboxylic acids is 1. The SMILES string of the molecule is Cn1cnnc1SCC(=O)NC1(C#N)CCCC1. The summed E-state index contributed by atoms with van der Waals surface area (Å²) in [5, 5.41) is 20.3. The van der Waals surface area contributed by atoms with Gasteiger partial charge in [-0.05, 0) is 25.7 Å². The molecule has 1 aromatic rings. The maximum absolute atomic E-state index is 11.8. The molecule has 1 aromatic heterocycles. The Labute approximate surface area is 110 Å². The third-order valence-electron chi connectivity index (χ3n) is 3.05. The summed E-state index contributed by atoms with van der Waals surface area (Å²) in [5.41, 5.74) is -0.641. The number of aryl methyl sites for hydroxylation is 1. The molecule has 1 saturated carbocycles. The van der Waals surface area contributed by atoms with Gasteiger partial charge in [-0.1, -0.05) is 11.8 Å². The summed E-state index contributed by atoms with van der Waals surface area (Å²) in [7, 11) is 1.83. The first kappa shape index (κ1) is 12.9. The Balaban J connectivity index is 1.86. The van der Waals surface area contributed by atoms with Crippen molar-refractivity contribution in [3.8, 4) is 6.07 Å². The number of rotatable bonds is 4. The van der Waals surface area contributed by atoms with Crippen LogP contribution in [0.15, 0.2) is 11.5 Å². The largest absolute Gasteiger partial charge is 0.337 e. The number of aromatic nitrogens is 3. The van der Waals surface area contributed by atoms with E-state index < -0.39 is 5.54 Å². The molecule has 7 heteroatoms. The molecule has 0 spiro atoms. The molecule has 0 aromatic carbocycles. The predicted molar refractivity (Wildman–Crippen MR) is 66.7 cm³/mol. The summed E-state index contributed by atoms with van der Waals surface area (Å²) in [5.74, 6) is 0.141. The lowest BCUT2D eigenvalue weighted by molar-refractivity contribution is -0.119. The Morgan fingerprint density at radius 2 is 2.39 bits per heavy atom. The molecule has 1 heterocycles. The molecule has 1 fully saturated rings. The van der Waals surface area contributed by atoms with Gasteiger partial charge in [-0.2, -0.15) is 5.26 Å². The van der Waals surface area contributed by atoms with Gasteiger partial charge < -0.3 is 9.88 Å². The lowest BCUT2D eigenvalue weighted by Gasteiger charge is -2.21. The van der Waals surface area contributed by atoms with Gasteiger partial charge >= 0.3 is 0 Å². The highest BCUT2D eigenvalue weighted by Crippen LogP contribution is 2.29. The minimum absolute atomic E-state index is 0.119. The van der Waals surface area contributed by atoms with Crippen LogP contribution in [0, 0.1) is 11.3 Å². The lowest BCUT2D eigenvalue weighted by atomic mass is 10.0. The van der Waals surface area contributed by atoms with Crippen molar-refractivity contribution >= 4 is 17.7 Å². The average Bonchev–Trinajstić information content (AvgIpc) is 2.97. The van der Waals surface area contributed by atoms with Crippen molar-refractivity contribution in [2.24, 2.45) is 7.05 Å². The molecule has 1 aliphatic carbocycles. The van der Waals surface area contributed by atoms with Crippen LogP contribution in [0.5, 0.6) is 0 Å². The van der Waals surface area contributed by atoms with E-state index in [2.05, 4.69) is 21.6 Å². The summed E-state index contributed by atoms with van der Waals surface area (Å²) in [6.45, 7) is 0. The second kappa shape index (κ2) is 5.40. The second-order valence-corrected chi connectivity index (χ2v) is 5.40. The van der Waals surface area contributed by atoms with E-state index in [4.69, 9.17) is 5.26 Å². The first-order chi connectivity index (χ1) is 8.65. The fourth-order valence-corrected chi connectivity index (χ4v) is 2.77. The van der Waals surface area contributed by atoms with Gasteiger partial charge in [0, 0.05) is 7.05 Å². The van der Waals surface area contributed by atoms with Crippen molar-refractivity contribution in [3.63, 3.8) is 0 Å². The summed E-state index contributed by atoms with van der Waals surface area (Å²) >= 11 is 1.32. The van der Waals surface area contributed by atoms with Crippen molar-refractivity contribution in [1.82, 2.24) is 20.1 Å². The fraction of sp³-hybridized carbons (Fsp3) is 0.636. The van der Waals surface area contributed by atoms with E-state index in [1.54, 1.807) is 10.9 Å². The molecule has 0 unspecified atom stereocenters. The molecule has 1 N–H and O–H groups in total. The number of nitrogens with zero attached hydrogens (tertiary/aromatic N) is 4. The van der Waals surface area contributed by atoms with E-state index in [0.717, 1.165) is 25.7 Å². The molecule has 6 nitrogen and oxygen atoms in total. The van der Waals surface area contributed by atoms with Crippen LogP contribution in [0.3, 0.4) is 0 Å². The maximum atomic E-state index is 11.8. The summed E-state index contributed by atoms with van der Waals surface area (Å²) in [6.07, 6.45) is 5.11. The third-order valence-corrected chi connectivity index (χ3v) is 4.09. The van der Waals surface area contributed by atoms with Crippen LogP contribution in [0.1, 0.15) is 25.7 Å². The van der Waals surface area contributed by atoms with Gasteiger partial charge in [-0.3, -0.25) is 4.79 Å². The molecule has 0 saturated heterocycles. The number of nitriles is 1. The number of hydrogen-bond donors (Lipinski definition) is 1. The Bertz CT molecular complexity index is 472. The first-order valence-corrected chi connectivity index (χ1v) is 6.83. The highest BCUT2D eigenvalue weighted by molar-refractivity contribution is 7.99. The van der Waals surface area contributed by atoms with Gasteiger partial charge in [0.15, 0.2) is 5.16 Å². The van der Waals surface area contributed by atoms with Gasteiger partial charge in [0.25, 0.3) is 0 Å². The van der Waals surface area contributed by atoms with Crippen molar-refractivity contribution in [2.45, 2.75) is 36.4 Å². The molecule has 96 valence electrons. The summed E-state index contributed by atoms with van der Waals surface area (Å²) < 4.78 is 1.76.